The van der Waals surface area contributed by atoms with Gasteiger partial charge in [0, 0.05) is 35.8 Å². The fourth-order valence-electron chi connectivity index (χ4n) is 3.58. The number of carbonyl (C=O) groups is 4. The Morgan fingerprint density at radius 1 is 1.00 bits per heavy atom. The van der Waals surface area contributed by atoms with Crippen LogP contribution in [-0.4, -0.2) is 87.9 Å². The maximum Gasteiger partial charge on any atom is 0.326 e. The summed E-state index contributed by atoms with van der Waals surface area (Å²) in [6.45, 7) is -0.499. The molecule has 208 valence electrons. The average Bonchev–Trinajstić information content (AvgIpc) is 3.29. The molecule has 14 nitrogen and oxygen atoms in total. The molecule has 2 rings (SSSR count). The van der Waals surface area contributed by atoms with E-state index in [0.29, 0.717) is 12.0 Å². The van der Waals surface area contributed by atoms with Crippen LogP contribution in [-0.2, 0) is 25.6 Å². The van der Waals surface area contributed by atoms with Gasteiger partial charge in [0.25, 0.3) is 0 Å². The summed E-state index contributed by atoms with van der Waals surface area (Å²) in [5, 5.41) is 27.2. The smallest absolute Gasteiger partial charge is 0.326 e. The van der Waals surface area contributed by atoms with Crippen LogP contribution in [0, 0.1) is 0 Å². The van der Waals surface area contributed by atoms with Crippen molar-refractivity contribution in [1.29, 1.82) is 0 Å². The summed E-state index contributed by atoms with van der Waals surface area (Å²) < 4.78 is 0. The van der Waals surface area contributed by atoms with Crippen LogP contribution in [0.15, 0.2) is 35.5 Å². The number of nitrogens with one attached hydrogen (secondary N) is 4. The number of hydrogen-bond acceptors (Lipinski definition) is 8. The molecule has 0 saturated carbocycles. The summed E-state index contributed by atoms with van der Waals surface area (Å²) in [4.78, 5) is 56.5. The van der Waals surface area contributed by atoms with Gasteiger partial charge >= 0.3 is 5.97 Å². The summed E-state index contributed by atoms with van der Waals surface area (Å²) in [5.41, 5.74) is 17.8. The first-order chi connectivity index (χ1) is 18.1. The summed E-state index contributed by atoms with van der Waals surface area (Å²) in [6, 6.07) is 2.41. The van der Waals surface area contributed by atoms with Crippen molar-refractivity contribution in [2.45, 2.75) is 43.4 Å². The molecule has 0 aliphatic rings. The number of aromatic amines is 1. The first kappa shape index (κ1) is 30.4. The van der Waals surface area contributed by atoms with Gasteiger partial charge < -0.3 is 48.3 Å². The van der Waals surface area contributed by atoms with Crippen molar-refractivity contribution in [2.24, 2.45) is 22.2 Å². The van der Waals surface area contributed by atoms with Crippen molar-refractivity contribution in [3.05, 3.63) is 36.0 Å². The molecule has 0 bridgehead atoms. The Morgan fingerprint density at radius 3 is 2.26 bits per heavy atom. The van der Waals surface area contributed by atoms with Gasteiger partial charge in [0.1, 0.15) is 18.1 Å². The van der Waals surface area contributed by atoms with Crippen molar-refractivity contribution in [2.75, 3.05) is 18.9 Å². The van der Waals surface area contributed by atoms with Crippen LogP contribution < -0.4 is 33.2 Å². The number of para-hydroxylation sites is 1. The Balaban J connectivity index is 1.96. The predicted molar refractivity (Wildman–Crippen MR) is 144 cm³/mol. The minimum absolute atomic E-state index is 0.00524. The van der Waals surface area contributed by atoms with E-state index in [4.69, 9.17) is 17.2 Å². The molecule has 4 unspecified atom stereocenters. The van der Waals surface area contributed by atoms with Crippen LogP contribution in [0.25, 0.3) is 10.9 Å². The Labute approximate surface area is 224 Å². The maximum atomic E-state index is 12.8. The number of amides is 3. The molecule has 4 atom stereocenters. The number of rotatable bonds is 15. The fraction of sp³-hybridized carbons (Fsp3) is 0.435. The molecule has 3 amide bonds. The molecule has 2 aromatic rings. The number of aliphatic imine (C=N–C) groups is 1. The standard InChI is InChI=1S/C23H34N8O6S/c24-14(5-3-7-27-23(25)26)19(33)30-17(10-32)20(34)31-18(11-38)21(35)29-16(22(36)37)8-12-9-28-15-6-2-1-4-13(12)15/h1-2,4,6,9,14,16-18,28,32,38H,3,5,7-8,10-11,24H2,(H,29,35)(H,30,33)(H,31,34)(H,36,37)(H4,25,26,27). The predicted octanol–water partition coefficient (Wildman–Crippen LogP) is -2.45. The minimum atomic E-state index is -1.40. The average molecular weight is 551 g/mol. The normalized spacial score (nSPS) is 14.1. The minimum Gasteiger partial charge on any atom is -0.480 e. The lowest BCUT2D eigenvalue weighted by atomic mass is 10.0. The molecule has 1 aromatic heterocycles. The van der Waals surface area contributed by atoms with E-state index in [2.05, 4.69) is 38.6 Å². The zero-order valence-electron chi connectivity index (χ0n) is 20.6. The number of aromatic nitrogens is 1. The zero-order valence-corrected chi connectivity index (χ0v) is 21.5. The number of hydrogen-bond donors (Lipinski definition) is 10. The Bertz CT molecular complexity index is 1150. The van der Waals surface area contributed by atoms with Crippen LogP contribution in [0.3, 0.4) is 0 Å². The van der Waals surface area contributed by atoms with E-state index in [1.807, 2.05) is 24.3 Å². The van der Waals surface area contributed by atoms with E-state index in [0.717, 1.165) is 10.9 Å². The van der Waals surface area contributed by atoms with E-state index in [-0.39, 0.29) is 31.1 Å². The molecule has 15 heteroatoms. The molecule has 1 aromatic carbocycles. The van der Waals surface area contributed by atoms with Gasteiger partial charge in [-0.25, -0.2) is 4.79 Å². The third-order valence-electron chi connectivity index (χ3n) is 5.65. The first-order valence-electron chi connectivity index (χ1n) is 11.8. The third-order valence-corrected chi connectivity index (χ3v) is 6.01. The van der Waals surface area contributed by atoms with E-state index in [1.165, 1.54) is 0 Å². The quantitative estimate of drug-likeness (QED) is 0.0488. The summed E-state index contributed by atoms with van der Waals surface area (Å²) in [5.74, 6) is -3.88. The van der Waals surface area contributed by atoms with E-state index < -0.39 is 54.5 Å². The van der Waals surface area contributed by atoms with E-state index in [1.54, 1.807) is 6.20 Å². The Morgan fingerprint density at radius 2 is 1.63 bits per heavy atom. The van der Waals surface area contributed by atoms with E-state index in [9.17, 15) is 29.4 Å². The molecule has 1 heterocycles. The molecule has 0 aliphatic heterocycles. The van der Waals surface area contributed by atoms with Crippen LogP contribution in [0.1, 0.15) is 18.4 Å². The van der Waals surface area contributed by atoms with Crippen LogP contribution in [0.2, 0.25) is 0 Å². The number of guanidine groups is 1. The van der Waals surface area contributed by atoms with Gasteiger partial charge in [-0.3, -0.25) is 19.4 Å². The number of nitrogens with two attached hydrogens (primary N) is 3. The number of carbonyl (C=O) groups excluding carboxylic acids is 3. The number of thiol groups is 1. The van der Waals surface area contributed by atoms with Crippen molar-refractivity contribution >= 4 is 53.2 Å². The van der Waals surface area contributed by atoms with Gasteiger partial charge in [-0.05, 0) is 24.5 Å². The van der Waals surface area contributed by atoms with Crippen LogP contribution >= 0.6 is 12.6 Å². The van der Waals surface area contributed by atoms with Crippen molar-refractivity contribution < 1.29 is 29.4 Å². The molecular formula is C23H34N8O6S. The molecule has 0 aliphatic carbocycles. The summed E-state index contributed by atoms with van der Waals surface area (Å²) in [7, 11) is 0. The lowest BCUT2D eigenvalue weighted by molar-refractivity contribution is -0.142. The highest BCUT2D eigenvalue weighted by Crippen LogP contribution is 2.19. The summed E-state index contributed by atoms with van der Waals surface area (Å²) >= 11 is 4.08. The van der Waals surface area contributed by atoms with Crippen LogP contribution in [0.5, 0.6) is 0 Å². The molecular weight excluding hydrogens is 516 g/mol. The van der Waals surface area contributed by atoms with Gasteiger partial charge in [-0.1, -0.05) is 18.2 Å². The van der Waals surface area contributed by atoms with Gasteiger partial charge in [-0.15, -0.1) is 0 Å². The lowest BCUT2D eigenvalue weighted by Gasteiger charge is -2.23. The van der Waals surface area contributed by atoms with Gasteiger partial charge in [0.15, 0.2) is 5.96 Å². The monoisotopic (exact) mass is 550 g/mol. The second-order valence-corrected chi connectivity index (χ2v) is 8.87. The highest BCUT2D eigenvalue weighted by atomic mass is 32.1. The number of H-pyrrole nitrogens is 1. The van der Waals surface area contributed by atoms with Gasteiger partial charge in [0.2, 0.25) is 17.7 Å². The largest absolute Gasteiger partial charge is 0.480 e. The fourth-order valence-corrected chi connectivity index (χ4v) is 3.84. The lowest BCUT2D eigenvalue weighted by Crippen LogP contribution is -2.58. The molecule has 38 heavy (non-hydrogen) atoms. The second kappa shape index (κ2) is 14.8. The molecule has 0 saturated heterocycles. The number of aliphatic carboxylic acids is 1. The second-order valence-electron chi connectivity index (χ2n) is 8.51. The topological polar surface area (TPSA) is 251 Å². The number of carboxylic acids is 1. The number of nitrogens with zero attached hydrogens (tertiary/aromatic N) is 1. The molecule has 0 spiro atoms. The number of fused-ring (bicyclic) bond motifs is 1. The zero-order chi connectivity index (χ0) is 28.2. The SMILES string of the molecule is NC(N)=NCCCC(N)C(=O)NC(CO)C(=O)NC(CS)C(=O)NC(Cc1c[nH]c2ccccc12)C(=O)O. The third kappa shape index (κ3) is 8.93. The molecule has 0 radical (unpaired) electrons. The highest BCUT2D eigenvalue weighted by Gasteiger charge is 2.30. The maximum absolute atomic E-state index is 12.8. The van der Waals surface area contributed by atoms with E-state index >= 15 is 0 Å². The molecule has 12 N–H and O–H groups in total. The van der Waals surface area contributed by atoms with Crippen molar-refractivity contribution in [3.8, 4) is 0 Å². The number of aliphatic hydroxyl groups excluding tert-OH is 1. The Hall–Kier alpha value is -3.82. The first-order valence-corrected chi connectivity index (χ1v) is 12.4. The number of benzene rings is 1. The Kier molecular flexibility index (Phi) is 11.8. The van der Waals surface area contributed by atoms with Crippen molar-refractivity contribution in [1.82, 2.24) is 20.9 Å². The van der Waals surface area contributed by atoms with Gasteiger partial charge in [0.05, 0.1) is 12.6 Å². The van der Waals surface area contributed by atoms with Crippen LogP contribution in [0.4, 0.5) is 0 Å². The van der Waals surface area contributed by atoms with Gasteiger partial charge in [-0.2, -0.15) is 12.6 Å². The van der Waals surface area contributed by atoms with Crippen molar-refractivity contribution in [3.63, 3.8) is 0 Å². The highest BCUT2D eigenvalue weighted by molar-refractivity contribution is 7.80. The summed E-state index contributed by atoms with van der Waals surface area (Å²) in [6.07, 6.45) is 2.30. The molecule has 0 fully saturated rings. The number of carboxylic acid groups (broad SMARTS) is 1. The number of aliphatic hydroxyl groups is 1.